The number of carboxylic acids is 1. The number of carboxylic acid groups (broad SMARTS) is 1. The molecule has 7 nitrogen and oxygen atoms in total. The minimum atomic E-state index is -1.09. The normalized spacial score (nSPS) is 10.1. The van der Waals surface area contributed by atoms with Gasteiger partial charge in [0.25, 0.3) is 5.91 Å². The van der Waals surface area contributed by atoms with E-state index in [0.29, 0.717) is 10.7 Å². The van der Waals surface area contributed by atoms with Crippen molar-refractivity contribution < 1.29 is 19.4 Å². The third-order valence-corrected chi connectivity index (χ3v) is 3.32. The molecule has 0 spiro atoms. The first-order valence-electron chi connectivity index (χ1n) is 5.99. The van der Waals surface area contributed by atoms with E-state index in [1.165, 1.54) is 11.3 Å². The number of para-hydroxylation sites is 2. The number of anilines is 1. The number of nitrogens with one attached hydrogen (secondary N) is 1. The molecular weight excluding hydrogens is 294 g/mol. The molecule has 0 fully saturated rings. The van der Waals surface area contributed by atoms with Crippen LogP contribution in [-0.2, 0) is 11.3 Å². The van der Waals surface area contributed by atoms with Crippen LogP contribution in [0.1, 0.15) is 15.5 Å². The number of aliphatic carboxylic acids is 1. The fraction of sp³-hybridized carbons (Fsp3) is 0.154. The number of nitrogens with zero attached hydrogens (tertiary/aromatic N) is 1. The minimum Gasteiger partial charge on any atom is -0.480 e. The monoisotopic (exact) mass is 307 g/mol. The molecule has 0 saturated heterocycles. The average Bonchev–Trinajstić information content (AvgIpc) is 2.95. The molecule has 0 aliphatic carbocycles. The SMILES string of the molecule is NCc1nc(C(=O)Nc2ccccc2OCC(=O)O)cs1. The maximum atomic E-state index is 12.1. The van der Waals surface area contributed by atoms with Crippen LogP contribution in [0.15, 0.2) is 29.6 Å². The van der Waals surface area contributed by atoms with Gasteiger partial charge in [0.2, 0.25) is 0 Å². The highest BCUT2D eigenvalue weighted by Gasteiger charge is 2.13. The zero-order valence-electron chi connectivity index (χ0n) is 10.9. The summed E-state index contributed by atoms with van der Waals surface area (Å²) in [4.78, 5) is 26.7. The van der Waals surface area contributed by atoms with Crippen LogP contribution in [-0.4, -0.2) is 28.6 Å². The Hall–Kier alpha value is -2.45. The molecule has 21 heavy (non-hydrogen) atoms. The van der Waals surface area contributed by atoms with Crippen molar-refractivity contribution in [3.8, 4) is 5.75 Å². The Morgan fingerprint density at radius 2 is 2.14 bits per heavy atom. The van der Waals surface area contributed by atoms with E-state index in [2.05, 4.69) is 10.3 Å². The molecule has 1 amide bonds. The molecule has 2 rings (SSSR count). The molecular formula is C13H13N3O4S. The number of rotatable bonds is 6. The summed E-state index contributed by atoms with van der Waals surface area (Å²) in [6.45, 7) is -0.211. The lowest BCUT2D eigenvalue weighted by atomic mass is 10.3. The zero-order chi connectivity index (χ0) is 15.2. The Morgan fingerprint density at radius 1 is 1.38 bits per heavy atom. The lowest BCUT2D eigenvalue weighted by Crippen LogP contribution is -2.15. The summed E-state index contributed by atoms with van der Waals surface area (Å²) in [6, 6.07) is 6.58. The van der Waals surface area contributed by atoms with Crippen LogP contribution in [0.3, 0.4) is 0 Å². The second-order valence-corrected chi connectivity index (χ2v) is 4.91. The Labute approximate surface area is 124 Å². The smallest absolute Gasteiger partial charge is 0.341 e. The number of thiazole rings is 1. The summed E-state index contributed by atoms with van der Waals surface area (Å²) >= 11 is 1.30. The first-order chi connectivity index (χ1) is 10.1. The third kappa shape index (κ3) is 4.01. The molecule has 8 heteroatoms. The number of ether oxygens (including phenoxy) is 1. The third-order valence-electron chi connectivity index (χ3n) is 2.45. The predicted molar refractivity (Wildman–Crippen MR) is 77.5 cm³/mol. The molecule has 0 atom stereocenters. The van der Waals surface area contributed by atoms with Gasteiger partial charge in [-0.05, 0) is 12.1 Å². The number of carbonyl (C=O) groups excluding carboxylic acids is 1. The van der Waals surface area contributed by atoms with Crippen LogP contribution in [0.5, 0.6) is 5.75 Å². The van der Waals surface area contributed by atoms with Crippen molar-refractivity contribution in [1.82, 2.24) is 4.98 Å². The molecule has 0 radical (unpaired) electrons. The molecule has 110 valence electrons. The summed E-state index contributed by atoms with van der Waals surface area (Å²) in [7, 11) is 0. The van der Waals surface area contributed by atoms with Gasteiger partial charge in [-0.15, -0.1) is 11.3 Å². The summed E-state index contributed by atoms with van der Waals surface area (Å²) in [6.07, 6.45) is 0. The van der Waals surface area contributed by atoms with Gasteiger partial charge in [0.1, 0.15) is 16.5 Å². The Bertz CT molecular complexity index is 656. The van der Waals surface area contributed by atoms with Gasteiger partial charge < -0.3 is 20.9 Å². The van der Waals surface area contributed by atoms with E-state index in [9.17, 15) is 9.59 Å². The van der Waals surface area contributed by atoms with Crippen molar-refractivity contribution in [2.75, 3.05) is 11.9 Å². The highest BCUT2D eigenvalue weighted by molar-refractivity contribution is 7.09. The molecule has 1 heterocycles. The van der Waals surface area contributed by atoms with Crippen LogP contribution in [0.25, 0.3) is 0 Å². The summed E-state index contributed by atoms with van der Waals surface area (Å²) in [5.74, 6) is -1.22. The van der Waals surface area contributed by atoms with Crippen LogP contribution < -0.4 is 15.8 Å². The Kier molecular flexibility index (Phi) is 4.85. The summed E-state index contributed by atoms with van der Waals surface area (Å²) < 4.78 is 5.11. The molecule has 2 aromatic rings. The van der Waals surface area contributed by atoms with E-state index in [1.54, 1.807) is 29.6 Å². The Morgan fingerprint density at radius 3 is 2.81 bits per heavy atom. The van der Waals surface area contributed by atoms with Crippen molar-refractivity contribution in [3.63, 3.8) is 0 Å². The summed E-state index contributed by atoms with van der Waals surface area (Å²) in [5.41, 5.74) is 6.09. The molecule has 0 aliphatic rings. The van der Waals surface area contributed by atoms with Gasteiger partial charge in [0, 0.05) is 11.9 Å². The van der Waals surface area contributed by atoms with Gasteiger partial charge in [-0.1, -0.05) is 12.1 Å². The van der Waals surface area contributed by atoms with E-state index >= 15 is 0 Å². The van der Waals surface area contributed by atoms with Crippen LogP contribution in [0.4, 0.5) is 5.69 Å². The van der Waals surface area contributed by atoms with Gasteiger partial charge in [0.15, 0.2) is 6.61 Å². The molecule has 0 aliphatic heterocycles. The average molecular weight is 307 g/mol. The number of hydrogen-bond acceptors (Lipinski definition) is 6. The van der Waals surface area contributed by atoms with Crippen molar-refractivity contribution in [2.45, 2.75) is 6.54 Å². The van der Waals surface area contributed by atoms with Crippen molar-refractivity contribution in [2.24, 2.45) is 5.73 Å². The lowest BCUT2D eigenvalue weighted by molar-refractivity contribution is -0.139. The van der Waals surface area contributed by atoms with Crippen LogP contribution >= 0.6 is 11.3 Å². The first kappa shape index (κ1) is 14.9. The standard InChI is InChI=1S/C13H13N3O4S/c14-5-11-15-9(7-21-11)13(19)16-8-3-1-2-4-10(8)20-6-12(17)18/h1-4,7H,5-6,14H2,(H,16,19)(H,17,18). The van der Waals surface area contributed by atoms with Gasteiger partial charge in [-0.3, -0.25) is 4.79 Å². The van der Waals surface area contributed by atoms with Gasteiger partial charge in [-0.25, -0.2) is 9.78 Å². The fourth-order valence-corrected chi connectivity index (χ4v) is 2.19. The van der Waals surface area contributed by atoms with Gasteiger partial charge in [-0.2, -0.15) is 0 Å². The number of amides is 1. The van der Waals surface area contributed by atoms with Crippen molar-refractivity contribution >= 4 is 28.9 Å². The number of aromatic nitrogens is 1. The molecule has 1 aromatic heterocycles. The quantitative estimate of drug-likeness (QED) is 0.741. The molecule has 0 unspecified atom stereocenters. The number of benzene rings is 1. The second-order valence-electron chi connectivity index (χ2n) is 3.96. The van der Waals surface area contributed by atoms with Crippen molar-refractivity contribution in [1.29, 1.82) is 0 Å². The van der Waals surface area contributed by atoms with Gasteiger partial charge >= 0.3 is 5.97 Å². The van der Waals surface area contributed by atoms with Crippen molar-refractivity contribution in [3.05, 3.63) is 40.3 Å². The van der Waals surface area contributed by atoms with Crippen LogP contribution in [0, 0.1) is 0 Å². The number of carbonyl (C=O) groups is 2. The zero-order valence-corrected chi connectivity index (χ0v) is 11.7. The number of nitrogens with two attached hydrogens (primary N) is 1. The molecule has 0 saturated carbocycles. The largest absolute Gasteiger partial charge is 0.480 e. The number of hydrogen-bond donors (Lipinski definition) is 3. The first-order valence-corrected chi connectivity index (χ1v) is 6.87. The molecule has 1 aromatic carbocycles. The summed E-state index contributed by atoms with van der Waals surface area (Å²) in [5, 5.41) is 13.5. The van der Waals surface area contributed by atoms with E-state index in [1.807, 2.05) is 0 Å². The molecule has 4 N–H and O–H groups in total. The molecule has 0 bridgehead atoms. The van der Waals surface area contributed by atoms with E-state index < -0.39 is 18.5 Å². The Balaban J connectivity index is 2.11. The maximum Gasteiger partial charge on any atom is 0.341 e. The lowest BCUT2D eigenvalue weighted by Gasteiger charge is -2.10. The van der Waals surface area contributed by atoms with E-state index in [-0.39, 0.29) is 18.0 Å². The topological polar surface area (TPSA) is 115 Å². The maximum absolute atomic E-state index is 12.1. The minimum absolute atomic E-state index is 0.258. The predicted octanol–water partition coefficient (Wildman–Crippen LogP) is 1.32. The fourth-order valence-electron chi connectivity index (χ4n) is 1.53. The van der Waals surface area contributed by atoms with Crippen LogP contribution in [0.2, 0.25) is 0 Å². The highest BCUT2D eigenvalue weighted by Crippen LogP contribution is 2.24. The highest BCUT2D eigenvalue weighted by atomic mass is 32.1. The van der Waals surface area contributed by atoms with E-state index in [0.717, 1.165) is 0 Å². The van der Waals surface area contributed by atoms with E-state index in [4.69, 9.17) is 15.6 Å². The second kappa shape index (κ2) is 6.82. The van der Waals surface area contributed by atoms with Gasteiger partial charge in [0.05, 0.1) is 5.69 Å².